The minimum Gasteiger partial charge on any atom is -0.371 e. The summed E-state index contributed by atoms with van der Waals surface area (Å²) >= 11 is 0. The Labute approximate surface area is 204 Å². The molecular formula is C28H36N6. The molecule has 0 bridgehead atoms. The van der Waals surface area contributed by atoms with Gasteiger partial charge in [-0.3, -0.25) is 4.90 Å². The van der Waals surface area contributed by atoms with E-state index in [0.717, 1.165) is 60.7 Å². The molecular weight excluding hydrogens is 420 g/mol. The third kappa shape index (κ3) is 5.92. The normalized spacial score (nSPS) is 14.7. The van der Waals surface area contributed by atoms with Gasteiger partial charge in [-0.25, -0.2) is 0 Å². The van der Waals surface area contributed by atoms with Crippen molar-refractivity contribution in [3.8, 4) is 6.07 Å². The molecule has 1 N–H and O–H groups in total. The lowest BCUT2D eigenvalue weighted by Gasteiger charge is -2.35. The second-order valence-electron chi connectivity index (χ2n) is 9.02. The topological polar surface area (TPSA) is 67.0 Å². The Morgan fingerprint density at radius 3 is 2.38 bits per heavy atom. The van der Waals surface area contributed by atoms with Crippen LogP contribution in [0.2, 0.25) is 0 Å². The molecule has 0 spiro atoms. The number of benzene rings is 2. The van der Waals surface area contributed by atoms with Crippen LogP contribution in [0.3, 0.4) is 0 Å². The van der Waals surface area contributed by atoms with Crippen molar-refractivity contribution in [2.24, 2.45) is 10.2 Å². The van der Waals surface area contributed by atoms with Crippen molar-refractivity contribution in [3.05, 3.63) is 76.4 Å². The summed E-state index contributed by atoms with van der Waals surface area (Å²) in [6, 6.07) is 14.6. The van der Waals surface area contributed by atoms with Crippen molar-refractivity contribution in [3.63, 3.8) is 0 Å². The van der Waals surface area contributed by atoms with E-state index in [2.05, 4.69) is 96.8 Å². The first kappa shape index (κ1) is 25.2. The molecule has 6 heteroatoms. The lowest BCUT2D eigenvalue weighted by atomic mass is 9.88. The second kappa shape index (κ2) is 11.6. The van der Waals surface area contributed by atoms with E-state index in [4.69, 9.17) is 5.26 Å². The molecule has 0 aromatic heterocycles. The molecule has 0 unspecified atom stereocenters. The van der Waals surface area contributed by atoms with Gasteiger partial charge in [0.1, 0.15) is 0 Å². The minimum absolute atomic E-state index is 0.517. The highest BCUT2D eigenvalue weighted by molar-refractivity contribution is 6.00. The Kier molecular flexibility index (Phi) is 8.61. The molecule has 2 aromatic rings. The van der Waals surface area contributed by atoms with Crippen molar-refractivity contribution in [1.82, 2.24) is 15.1 Å². The van der Waals surface area contributed by atoms with Crippen LogP contribution in [0, 0.1) is 25.2 Å². The van der Waals surface area contributed by atoms with Crippen LogP contribution in [-0.4, -0.2) is 55.7 Å². The average Bonchev–Trinajstić information content (AvgIpc) is 2.86. The Bertz CT molecular complexity index is 1090. The number of hydrogen-bond donors (Lipinski definition) is 1. The van der Waals surface area contributed by atoms with Crippen LogP contribution >= 0.6 is 0 Å². The van der Waals surface area contributed by atoms with Crippen molar-refractivity contribution in [2.75, 3.05) is 33.4 Å². The van der Waals surface area contributed by atoms with Gasteiger partial charge in [0.05, 0.1) is 18.3 Å². The zero-order chi connectivity index (χ0) is 24.7. The van der Waals surface area contributed by atoms with Crippen molar-refractivity contribution in [2.45, 2.75) is 39.5 Å². The molecule has 34 heavy (non-hydrogen) atoms. The van der Waals surface area contributed by atoms with Gasteiger partial charge in [-0.2, -0.15) is 10.4 Å². The number of nitriles is 1. The highest BCUT2D eigenvalue weighted by Gasteiger charge is 2.23. The largest absolute Gasteiger partial charge is 0.371 e. The highest BCUT2D eigenvalue weighted by Crippen LogP contribution is 2.33. The van der Waals surface area contributed by atoms with Crippen molar-refractivity contribution < 1.29 is 0 Å². The summed E-state index contributed by atoms with van der Waals surface area (Å²) in [5.41, 5.74) is 7.59. The van der Waals surface area contributed by atoms with E-state index >= 15 is 0 Å². The molecule has 1 fully saturated rings. The summed E-state index contributed by atoms with van der Waals surface area (Å²) in [6.07, 6.45) is 2.14. The number of hydrogen-bond acceptors (Lipinski definition) is 5. The Hall–Kier alpha value is -3.43. The third-order valence-corrected chi connectivity index (χ3v) is 6.75. The first-order valence-corrected chi connectivity index (χ1v) is 11.9. The van der Waals surface area contributed by atoms with Gasteiger partial charge in [-0.1, -0.05) is 31.7 Å². The van der Waals surface area contributed by atoms with Crippen LogP contribution in [0.4, 0.5) is 0 Å². The van der Waals surface area contributed by atoms with Crippen LogP contribution in [0.5, 0.6) is 0 Å². The number of nitrogens with zero attached hydrogens (tertiary/aromatic N) is 5. The maximum atomic E-state index is 9.04. The quantitative estimate of drug-likeness (QED) is 0.266. The summed E-state index contributed by atoms with van der Waals surface area (Å²) in [6.45, 7) is 17.9. The van der Waals surface area contributed by atoms with Gasteiger partial charge in [0.15, 0.2) is 5.84 Å². The molecule has 0 amide bonds. The summed E-state index contributed by atoms with van der Waals surface area (Å²) in [5.74, 6) is 1.24. The first-order valence-electron chi connectivity index (χ1n) is 11.9. The van der Waals surface area contributed by atoms with Gasteiger partial charge in [0, 0.05) is 36.6 Å². The van der Waals surface area contributed by atoms with Gasteiger partial charge in [-0.05, 0) is 81.1 Å². The fourth-order valence-corrected chi connectivity index (χ4v) is 4.48. The van der Waals surface area contributed by atoms with Crippen LogP contribution in [0.1, 0.15) is 59.1 Å². The zero-order valence-electron chi connectivity index (χ0n) is 20.9. The van der Waals surface area contributed by atoms with E-state index in [9.17, 15) is 0 Å². The molecule has 1 heterocycles. The molecule has 178 valence electrons. The molecule has 1 aliphatic rings. The van der Waals surface area contributed by atoms with Crippen LogP contribution in [0.15, 0.2) is 53.2 Å². The molecule has 0 aliphatic carbocycles. The summed E-state index contributed by atoms with van der Waals surface area (Å²) in [7, 11) is 2.06. The summed E-state index contributed by atoms with van der Waals surface area (Å²) < 4.78 is 0. The lowest BCUT2D eigenvalue weighted by molar-refractivity contribution is 0.299. The molecule has 2 aromatic carbocycles. The zero-order valence-corrected chi connectivity index (χ0v) is 20.9. The molecule has 1 aliphatic heterocycles. The Morgan fingerprint density at radius 1 is 1.15 bits per heavy atom. The maximum absolute atomic E-state index is 9.04. The van der Waals surface area contributed by atoms with E-state index < -0.39 is 0 Å². The molecule has 3 rings (SSSR count). The van der Waals surface area contributed by atoms with E-state index in [-0.39, 0.29) is 0 Å². The van der Waals surface area contributed by atoms with Crippen molar-refractivity contribution in [1.29, 1.82) is 5.26 Å². The average molecular weight is 457 g/mol. The van der Waals surface area contributed by atoms with Crippen molar-refractivity contribution >= 4 is 18.3 Å². The fraction of sp³-hybridized carbons (Fsp3) is 0.393. The lowest BCUT2D eigenvalue weighted by Crippen LogP contribution is -2.36. The maximum Gasteiger partial charge on any atom is 0.157 e. The molecule has 1 saturated heterocycles. The van der Waals surface area contributed by atoms with Gasteiger partial charge in [-0.15, -0.1) is 5.10 Å². The van der Waals surface area contributed by atoms with Gasteiger partial charge in [0.2, 0.25) is 0 Å². The van der Waals surface area contributed by atoms with E-state index in [0.29, 0.717) is 18.2 Å². The number of likely N-dealkylation sites (tertiary alicyclic amines) is 1. The van der Waals surface area contributed by atoms with Gasteiger partial charge >= 0.3 is 0 Å². The molecule has 0 radical (unpaired) electrons. The third-order valence-electron chi connectivity index (χ3n) is 6.75. The summed E-state index contributed by atoms with van der Waals surface area (Å²) in [5, 5.41) is 20.5. The van der Waals surface area contributed by atoms with Crippen LogP contribution < -0.4 is 5.32 Å². The standard InChI is InChI=1S/C28H36N6/c1-7-33(6)19-31-28(32-30-5)27-17-26(20(2)16-21(27)3)22(4)34-14-12-25(13-15-34)24-10-8-23(18-29)9-11-24/h8-11,16-17,25H,4-5,7,12-15,19H2,1-3,6H3,(H,31,32). The monoisotopic (exact) mass is 456 g/mol. The highest BCUT2D eigenvalue weighted by atomic mass is 15.3. The van der Waals surface area contributed by atoms with Gasteiger partial charge in [0.25, 0.3) is 0 Å². The second-order valence-corrected chi connectivity index (χ2v) is 9.02. The van der Waals surface area contributed by atoms with Gasteiger partial charge < -0.3 is 10.2 Å². The molecule has 0 saturated carbocycles. The van der Waals surface area contributed by atoms with E-state index in [1.165, 1.54) is 11.1 Å². The van der Waals surface area contributed by atoms with E-state index in [1.54, 1.807) is 0 Å². The predicted octanol–water partition coefficient (Wildman–Crippen LogP) is 4.89. The Morgan fingerprint density at radius 2 is 1.79 bits per heavy atom. The van der Waals surface area contributed by atoms with Crippen LogP contribution in [-0.2, 0) is 0 Å². The fourth-order valence-electron chi connectivity index (χ4n) is 4.48. The number of rotatable bonds is 8. The number of amidine groups is 1. The number of piperidine rings is 1. The molecule has 6 nitrogen and oxygen atoms in total. The SMILES string of the molecule is C=N/N=C(\NCN(C)CC)c1cc(C(=C)N2CCC(c3ccc(C#N)cc3)CC2)c(C)cc1C. The summed E-state index contributed by atoms with van der Waals surface area (Å²) in [4.78, 5) is 4.56. The first-order chi connectivity index (χ1) is 16.4. The minimum atomic E-state index is 0.517. The number of nitrogens with one attached hydrogen (secondary N) is 1. The smallest absolute Gasteiger partial charge is 0.157 e. The Balaban J connectivity index is 1.76. The van der Waals surface area contributed by atoms with Crippen LogP contribution in [0.25, 0.3) is 5.70 Å². The molecule has 0 atom stereocenters. The predicted molar refractivity (Wildman–Crippen MR) is 142 cm³/mol. The van der Waals surface area contributed by atoms with E-state index in [1.807, 2.05) is 12.1 Å². The number of aryl methyl sites for hydroxylation is 2.